The average Bonchev–Trinajstić information content (AvgIpc) is 3.21. The molecule has 2 heterocycles. The van der Waals surface area contributed by atoms with Gasteiger partial charge in [0.05, 0.1) is 0 Å². The summed E-state index contributed by atoms with van der Waals surface area (Å²) in [5, 5.41) is 7.01. The van der Waals surface area contributed by atoms with Gasteiger partial charge in [0.25, 0.3) is 0 Å². The van der Waals surface area contributed by atoms with Gasteiger partial charge < -0.3 is 19.8 Å². The number of imidazole rings is 2. The molecule has 0 fully saturated rings. The Morgan fingerprint density at radius 2 is 1.54 bits per heavy atom. The molecule has 0 unspecified atom stereocenters. The predicted octanol–water partition coefficient (Wildman–Crippen LogP) is 2.33. The van der Waals surface area contributed by atoms with Crippen molar-refractivity contribution in [1.29, 1.82) is 0 Å². The van der Waals surface area contributed by atoms with E-state index in [4.69, 9.17) is 0 Å². The highest BCUT2D eigenvalue weighted by Crippen LogP contribution is 2.18. The van der Waals surface area contributed by atoms with Crippen LogP contribution in [0, 0.1) is 0 Å². The monoisotopic (exact) mass is 324 g/mol. The molecule has 0 saturated carbocycles. The summed E-state index contributed by atoms with van der Waals surface area (Å²) in [4.78, 5) is 8.98. The maximum absolute atomic E-state index is 4.49. The van der Waals surface area contributed by atoms with Crippen LogP contribution in [-0.2, 0) is 14.1 Å². The van der Waals surface area contributed by atoms with Gasteiger partial charge >= 0.3 is 0 Å². The molecule has 0 spiro atoms. The van der Waals surface area contributed by atoms with Crippen LogP contribution < -0.4 is 10.6 Å². The Kier molecular flexibility index (Phi) is 5.28. The number of aryl methyl sites for hydroxylation is 2. The lowest BCUT2D eigenvalue weighted by molar-refractivity contribution is 0.516. The maximum atomic E-state index is 4.49. The Morgan fingerprint density at radius 3 is 2.08 bits per heavy atom. The molecule has 0 atom stereocenters. The summed E-state index contributed by atoms with van der Waals surface area (Å²) in [6, 6.07) is 10.3. The molecule has 1 aromatic carbocycles. The van der Waals surface area contributed by atoms with Crippen molar-refractivity contribution in [2.75, 3.05) is 18.4 Å². The van der Waals surface area contributed by atoms with Gasteiger partial charge in [-0.2, -0.15) is 0 Å². The van der Waals surface area contributed by atoms with E-state index in [0.717, 1.165) is 36.8 Å². The molecule has 0 radical (unpaired) electrons. The minimum absolute atomic E-state index is 0.0123. The fourth-order valence-corrected chi connectivity index (χ4v) is 2.73. The smallest absolute Gasteiger partial charge is 0.133 e. The molecular weight excluding hydrogens is 300 g/mol. The Hall–Kier alpha value is -2.60. The first kappa shape index (κ1) is 16.3. The lowest BCUT2D eigenvalue weighted by atomic mass is 10.2. The number of anilines is 1. The second kappa shape index (κ2) is 7.79. The Morgan fingerprint density at radius 1 is 0.917 bits per heavy atom. The van der Waals surface area contributed by atoms with Gasteiger partial charge in [0.1, 0.15) is 17.7 Å². The van der Waals surface area contributed by atoms with E-state index in [1.807, 2.05) is 66.2 Å². The second-order valence-electron chi connectivity index (χ2n) is 5.83. The molecule has 0 amide bonds. The fraction of sp³-hybridized carbons (Fsp3) is 0.333. The van der Waals surface area contributed by atoms with Crippen LogP contribution in [0.5, 0.6) is 0 Å². The molecule has 6 heteroatoms. The third kappa shape index (κ3) is 3.83. The topological polar surface area (TPSA) is 59.7 Å². The zero-order chi connectivity index (χ0) is 16.8. The van der Waals surface area contributed by atoms with Crippen LogP contribution in [0.25, 0.3) is 0 Å². The molecule has 0 aliphatic rings. The molecule has 0 aliphatic heterocycles. The number of aromatic nitrogens is 4. The van der Waals surface area contributed by atoms with Crippen molar-refractivity contribution in [2.45, 2.75) is 12.5 Å². The van der Waals surface area contributed by atoms with Crippen LogP contribution in [0.2, 0.25) is 0 Å². The first-order valence-corrected chi connectivity index (χ1v) is 8.22. The summed E-state index contributed by atoms with van der Waals surface area (Å²) in [6.07, 6.45) is 8.59. The number of nitrogens with zero attached hydrogens (tertiary/aromatic N) is 4. The summed E-state index contributed by atoms with van der Waals surface area (Å²) in [6.45, 7) is 1.80. The maximum Gasteiger partial charge on any atom is 0.133 e. The molecule has 2 N–H and O–H groups in total. The molecular formula is C18H24N6. The Balaban J connectivity index is 1.57. The number of nitrogens with one attached hydrogen (secondary N) is 2. The van der Waals surface area contributed by atoms with E-state index < -0.39 is 0 Å². The molecule has 126 valence electrons. The molecule has 0 aliphatic carbocycles. The van der Waals surface area contributed by atoms with E-state index in [1.165, 1.54) is 0 Å². The number of hydrogen-bond acceptors (Lipinski definition) is 4. The standard InChI is InChI=1S/C18H24N6/c1-23-13-11-21-17(23)16(18-22-12-14-24(18)2)20-10-6-9-19-15-7-4-3-5-8-15/h3-5,7-8,11-14,16,19-20H,6,9-10H2,1-2H3. The average molecular weight is 324 g/mol. The fourth-order valence-electron chi connectivity index (χ4n) is 2.73. The van der Waals surface area contributed by atoms with Crippen molar-refractivity contribution in [3.63, 3.8) is 0 Å². The highest BCUT2D eigenvalue weighted by Gasteiger charge is 2.21. The SMILES string of the molecule is Cn1ccnc1C(NCCCNc1ccccc1)c1nccn1C. The first-order chi connectivity index (χ1) is 11.8. The minimum atomic E-state index is -0.0123. The van der Waals surface area contributed by atoms with E-state index in [1.54, 1.807) is 0 Å². The van der Waals surface area contributed by atoms with E-state index in [0.29, 0.717) is 0 Å². The molecule has 0 bridgehead atoms. The van der Waals surface area contributed by atoms with Crippen LogP contribution in [0.4, 0.5) is 5.69 Å². The summed E-state index contributed by atoms with van der Waals surface area (Å²) < 4.78 is 4.07. The van der Waals surface area contributed by atoms with Crippen molar-refractivity contribution >= 4 is 5.69 Å². The number of para-hydroxylation sites is 1. The molecule has 0 saturated heterocycles. The number of hydrogen-bond donors (Lipinski definition) is 2. The van der Waals surface area contributed by atoms with E-state index >= 15 is 0 Å². The van der Waals surface area contributed by atoms with Gasteiger partial charge in [-0.1, -0.05) is 18.2 Å². The van der Waals surface area contributed by atoms with Crippen molar-refractivity contribution in [3.05, 3.63) is 66.8 Å². The van der Waals surface area contributed by atoms with Gasteiger partial charge in [-0.15, -0.1) is 0 Å². The van der Waals surface area contributed by atoms with Gasteiger partial charge in [0, 0.05) is 51.1 Å². The quantitative estimate of drug-likeness (QED) is 0.624. The van der Waals surface area contributed by atoms with Gasteiger partial charge in [-0.05, 0) is 25.1 Å². The molecule has 6 nitrogen and oxygen atoms in total. The predicted molar refractivity (Wildman–Crippen MR) is 95.8 cm³/mol. The lowest BCUT2D eigenvalue weighted by Crippen LogP contribution is -2.29. The van der Waals surface area contributed by atoms with Crippen LogP contribution in [0.15, 0.2) is 55.1 Å². The molecule has 2 aromatic heterocycles. The van der Waals surface area contributed by atoms with E-state index in [-0.39, 0.29) is 6.04 Å². The summed E-state index contributed by atoms with van der Waals surface area (Å²) in [7, 11) is 4.02. The highest BCUT2D eigenvalue weighted by atomic mass is 15.2. The molecule has 24 heavy (non-hydrogen) atoms. The lowest BCUT2D eigenvalue weighted by Gasteiger charge is -2.18. The largest absolute Gasteiger partial charge is 0.385 e. The van der Waals surface area contributed by atoms with E-state index in [9.17, 15) is 0 Å². The van der Waals surface area contributed by atoms with Gasteiger partial charge in [-0.25, -0.2) is 9.97 Å². The first-order valence-electron chi connectivity index (χ1n) is 8.22. The van der Waals surface area contributed by atoms with Gasteiger partial charge in [0.15, 0.2) is 0 Å². The molecule has 3 rings (SSSR count). The van der Waals surface area contributed by atoms with Crippen LogP contribution in [-0.4, -0.2) is 32.2 Å². The van der Waals surface area contributed by atoms with E-state index in [2.05, 4.69) is 32.7 Å². The summed E-state index contributed by atoms with van der Waals surface area (Å²) in [5.41, 5.74) is 1.15. The number of benzene rings is 1. The van der Waals surface area contributed by atoms with Crippen LogP contribution in [0.1, 0.15) is 24.1 Å². The summed E-state index contributed by atoms with van der Waals surface area (Å²) in [5.74, 6) is 1.95. The van der Waals surface area contributed by atoms with Crippen molar-refractivity contribution in [1.82, 2.24) is 24.4 Å². The van der Waals surface area contributed by atoms with Gasteiger partial charge in [-0.3, -0.25) is 0 Å². The zero-order valence-electron chi connectivity index (χ0n) is 14.2. The van der Waals surface area contributed by atoms with Crippen LogP contribution in [0.3, 0.4) is 0 Å². The third-order valence-corrected chi connectivity index (χ3v) is 4.04. The second-order valence-corrected chi connectivity index (χ2v) is 5.83. The minimum Gasteiger partial charge on any atom is -0.385 e. The van der Waals surface area contributed by atoms with Crippen LogP contribution >= 0.6 is 0 Å². The van der Waals surface area contributed by atoms with Crippen molar-refractivity contribution < 1.29 is 0 Å². The van der Waals surface area contributed by atoms with Gasteiger partial charge in [0.2, 0.25) is 0 Å². The summed E-state index contributed by atoms with van der Waals surface area (Å²) >= 11 is 0. The van der Waals surface area contributed by atoms with Crippen molar-refractivity contribution in [3.8, 4) is 0 Å². The number of rotatable bonds is 8. The zero-order valence-corrected chi connectivity index (χ0v) is 14.2. The molecule has 3 aromatic rings. The Bertz CT molecular complexity index is 705. The highest BCUT2D eigenvalue weighted by molar-refractivity contribution is 5.42. The third-order valence-electron chi connectivity index (χ3n) is 4.04. The van der Waals surface area contributed by atoms with Crippen molar-refractivity contribution in [2.24, 2.45) is 14.1 Å². The normalized spacial score (nSPS) is 11.1. The Labute approximate surface area is 142 Å².